The van der Waals surface area contributed by atoms with Crippen LogP contribution in [0.25, 0.3) is 11.1 Å². The minimum atomic E-state index is -4.51. The lowest BCUT2D eigenvalue weighted by Gasteiger charge is -2.36. The molecular formula is C23H25F3N6O3. The van der Waals surface area contributed by atoms with E-state index in [4.69, 9.17) is 5.73 Å². The van der Waals surface area contributed by atoms with Crippen LogP contribution in [0.15, 0.2) is 30.5 Å². The van der Waals surface area contributed by atoms with Gasteiger partial charge in [-0.25, -0.2) is 14.8 Å². The SMILES string of the molecule is Nc1ncc(-c2cccc(C(F)(F)F)c2)c(C2CCCCN2C(=O)CCCN2C(=O)CNC2=O)n1. The van der Waals surface area contributed by atoms with Crippen LogP contribution in [0.2, 0.25) is 0 Å². The molecule has 35 heavy (non-hydrogen) atoms. The molecule has 186 valence electrons. The Hall–Kier alpha value is -3.70. The Bertz CT molecular complexity index is 1120. The van der Waals surface area contributed by atoms with Crippen molar-refractivity contribution in [2.45, 2.75) is 44.3 Å². The summed E-state index contributed by atoms with van der Waals surface area (Å²) in [6.45, 7) is 0.540. The molecule has 1 atom stereocenters. The molecule has 4 rings (SSSR count). The van der Waals surface area contributed by atoms with Gasteiger partial charge in [0.15, 0.2) is 0 Å². The number of piperidine rings is 1. The third-order valence-electron chi connectivity index (χ3n) is 6.19. The third kappa shape index (κ3) is 5.36. The molecule has 4 amide bonds. The number of amides is 4. The number of likely N-dealkylation sites (tertiary alicyclic amines) is 1. The molecule has 2 aromatic rings. The topological polar surface area (TPSA) is 122 Å². The molecule has 0 spiro atoms. The zero-order valence-electron chi connectivity index (χ0n) is 18.8. The molecule has 2 fully saturated rings. The van der Waals surface area contributed by atoms with Gasteiger partial charge in [0.1, 0.15) is 0 Å². The predicted octanol–water partition coefficient (Wildman–Crippen LogP) is 3.13. The van der Waals surface area contributed by atoms with Crippen LogP contribution in [-0.2, 0) is 15.8 Å². The fourth-order valence-electron chi connectivity index (χ4n) is 4.48. The van der Waals surface area contributed by atoms with Gasteiger partial charge in [-0.1, -0.05) is 12.1 Å². The van der Waals surface area contributed by atoms with E-state index in [1.807, 2.05) is 0 Å². The molecule has 2 saturated heterocycles. The molecule has 1 aromatic heterocycles. The second kappa shape index (κ2) is 9.88. The molecule has 0 bridgehead atoms. The number of anilines is 1. The zero-order chi connectivity index (χ0) is 25.2. The average molecular weight is 490 g/mol. The van der Waals surface area contributed by atoms with Crippen molar-refractivity contribution in [3.8, 4) is 11.1 Å². The van der Waals surface area contributed by atoms with E-state index in [1.54, 1.807) is 11.0 Å². The highest BCUT2D eigenvalue weighted by Crippen LogP contribution is 2.38. The lowest BCUT2D eigenvalue weighted by Crippen LogP contribution is -2.40. The summed E-state index contributed by atoms with van der Waals surface area (Å²) < 4.78 is 39.9. The molecular weight excluding hydrogens is 465 g/mol. The summed E-state index contributed by atoms with van der Waals surface area (Å²) >= 11 is 0. The van der Waals surface area contributed by atoms with Gasteiger partial charge in [-0.3, -0.25) is 14.5 Å². The number of benzene rings is 1. The maximum atomic E-state index is 13.3. The second-order valence-electron chi connectivity index (χ2n) is 8.51. The Morgan fingerprint density at radius 3 is 2.74 bits per heavy atom. The van der Waals surface area contributed by atoms with Crippen LogP contribution in [0.3, 0.4) is 0 Å². The van der Waals surface area contributed by atoms with Gasteiger partial charge in [0.2, 0.25) is 17.8 Å². The molecule has 0 saturated carbocycles. The molecule has 9 nitrogen and oxygen atoms in total. The van der Waals surface area contributed by atoms with Gasteiger partial charge in [0.05, 0.1) is 23.8 Å². The van der Waals surface area contributed by atoms with Gasteiger partial charge in [-0.15, -0.1) is 0 Å². The fourth-order valence-corrected chi connectivity index (χ4v) is 4.48. The summed E-state index contributed by atoms with van der Waals surface area (Å²) in [6.07, 6.45) is -0.563. The minimum Gasteiger partial charge on any atom is -0.368 e. The van der Waals surface area contributed by atoms with E-state index in [-0.39, 0.29) is 42.8 Å². The number of nitrogen functional groups attached to an aromatic ring is 1. The molecule has 2 aliphatic heterocycles. The van der Waals surface area contributed by atoms with Crippen LogP contribution in [0.4, 0.5) is 23.9 Å². The number of alkyl halides is 3. The number of hydrogen-bond acceptors (Lipinski definition) is 6. The molecule has 3 heterocycles. The summed E-state index contributed by atoms with van der Waals surface area (Å²) in [5, 5.41) is 2.44. The Balaban J connectivity index is 1.57. The van der Waals surface area contributed by atoms with E-state index in [1.165, 1.54) is 12.3 Å². The Morgan fingerprint density at radius 1 is 1.23 bits per heavy atom. The van der Waals surface area contributed by atoms with Crippen LogP contribution in [0.5, 0.6) is 0 Å². The quantitative estimate of drug-likeness (QED) is 0.600. The minimum absolute atomic E-state index is 0.0349. The largest absolute Gasteiger partial charge is 0.416 e. The molecule has 0 radical (unpaired) electrons. The lowest BCUT2D eigenvalue weighted by atomic mass is 9.93. The summed E-state index contributed by atoms with van der Waals surface area (Å²) in [7, 11) is 0. The van der Waals surface area contributed by atoms with Crippen molar-refractivity contribution in [2.75, 3.05) is 25.4 Å². The van der Waals surface area contributed by atoms with E-state index in [0.717, 1.165) is 29.9 Å². The molecule has 1 unspecified atom stereocenters. The first-order valence-electron chi connectivity index (χ1n) is 11.3. The number of imide groups is 1. The monoisotopic (exact) mass is 490 g/mol. The van der Waals surface area contributed by atoms with Crippen LogP contribution in [0, 0.1) is 0 Å². The lowest BCUT2D eigenvalue weighted by molar-refractivity contribution is -0.137. The van der Waals surface area contributed by atoms with Gasteiger partial charge in [0, 0.05) is 31.3 Å². The van der Waals surface area contributed by atoms with Crippen molar-refractivity contribution in [2.24, 2.45) is 0 Å². The maximum Gasteiger partial charge on any atom is 0.416 e. The van der Waals surface area contributed by atoms with E-state index in [2.05, 4.69) is 15.3 Å². The van der Waals surface area contributed by atoms with E-state index >= 15 is 0 Å². The number of carbonyl (C=O) groups excluding carboxylic acids is 3. The highest BCUT2D eigenvalue weighted by molar-refractivity contribution is 6.01. The van der Waals surface area contributed by atoms with Crippen molar-refractivity contribution in [3.63, 3.8) is 0 Å². The zero-order valence-corrected chi connectivity index (χ0v) is 18.8. The van der Waals surface area contributed by atoms with Crippen LogP contribution in [-0.4, -0.2) is 57.2 Å². The second-order valence-corrected chi connectivity index (χ2v) is 8.51. The number of nitrogens with two attached hydrogens (primary N) is 1. The first-order chi connectivity index (χ1) is 16.6. The Labute approximate surface area is 199 Å². The fraction of sp³-hybridized carbons (Fsp3) is 0.435. The average Bonchev–Trinajstić information content (AvgIpc) is 3.15. The van der Waals surface area contributed by atoms with E-state index < -0.39 is 23.8 Å². The number of nitrogens with one attached hydrogen (secondary N) is 1. The van der Waals surface area contributed by atoms with Crippen molar-refractivity contribution in [3.05, 3.63) is 41.7 Å². The molecule has 12 heteroatoms. The van der Waals surface area contributed by atoms with Crippen LogP contribution in [0.1, 0.15) is 49.4 Å². The Kier molecular flexibility index (Phi) is 6.90. The van der Waals surface area contributed by atoms with Crippen molar-refractivity contribution < 1.29 is 27.6 Å². The number of hydrogen-bond donors (Lipinski definition) is 2. The van der Waals surface area contributed by atoms with Crippen molar-refractivity contribution in [1.82, 2.24) is 25.1 Å². The summed E-state index contributed by atoms with van der Waals surface area (Å²) in [5.74, 6) is -0.554. The summed E-state index contributed by atoms with van der Waals surface area (Å²) in [5.41, 5.74) is 6.10. The summed E-state index contributed by atoms with van der Waals surface area (Å²) in [6, 6.07) is 3.93. The highest BCUT2D eigenvalue weighted by Gasteiger charge is 2.34. The van der Waals surface area contributed by atoms with Gasteiger partial charge in [-0.05, 0) is 43.4 Å². The van der Waals surface area contributed by atoms with Crippen molar-refractivity contribution >= 4 is 23.8 Å². The number of halogens is 3. The van der Waals surface area contributed by atoms with Crippen molar-refractivity contribution in [1.29, 1.82) is 0 Å². The van der Waals surface area contributed by atoms with Gasteiger partial charge in [0.25, 0.3) is 0 Å². The highest BCUT2D eigenvalue weighted by atomic mass is 19.4. The van der Waals surface area contributed by atoms with Crippen LogP contribution < -0.4 is 11.1 Å². The third-order valence-corrected chi connectivity index (χ3v) is 6.19. The number of aromatic nitrogens is 2. The number of carbonyl (C=O) groups is 3. The standard InChI is InChI=1S/C23H25F3N6O3/c24-23(25,26)15-6-3-5-14(11-15)16-12-28-21(27)30-20(16)17-7-1-2-9-31(17)18(33)8-4-10-32-19(34)13-29-22(32)35/h3,5-6,11-12,17H,1-2,4,7-10,13H2,(H,29,35)(H2,27,28,30). The van der Waals surface area contributed by atoms with Gasteiger partial charge < -0.3 is 16.0 Å². The van der Waals surface area contributed by atoms with E-state index in [0.29, 0.717) is 30.6 Å². The van der Waals surface area contributed by atoms with Crippen LogP contribution >= 0.6 is 0 Å². The number of rotatable bonds is 6. The molecule has 3 N–H and O–H groups in total. The normalized spacial score (nSPS) is 18.7. The smallest absolute Gasteiger partial charge is 0.368 e. The first-order valence-corrected chi connectivity index (χ1v) is 11.3. The summed E-state index contributed by atoms with van der Waals surface area (Å²) in [4.78, 5) is 47.6. The maximum absolute atomic E-state index is 13.3. The molecule has 2 aliphatic rings. The number of nitrogens with zero attached hydrogens (tertiary/aromatic N) is 4. The first kappa shape index (κ1) is 24.4. The van der Waals surface area contributed by atoms with Gasteiger partial charge >= 0.3 is 12.2 Å². The van der Waals surface area contributed by atoms with Gasteiger partial charge in [-0.2, -0.15) is 13.2 Å². The number of urea groups is 1. The Morgan fingerprint density at radius 2 is 2.03 bits per heavy atom. The predicted molar refractivity (Wildman–Crippen MR) is 120 cm³/mol. The van der Waals surface area contributed by atoms with E-state index in [9.17, 15) is 27.6 Å². The molecule has 1 aromatic carbocycles. The molecule has 0 aliphatic carbocycles.